The fraction of sp³-hybridized carbons (Fsp3) is 0.429. The number of rotatable bonds is 4. The van der Waals surface area contributed by atoms with Gasteiger partial charge >= 0.3 is 0 Å². The number of nitrogens with one attached hydrogen (secondary N) is 1. The number of hydrogen-bond acceptors (Lipinski definition) is 5. The second-order valence-corrected chi connectivity index (χ2v) is 12.1. The molecule has 0 radical (unpaired) electrons. The van der Waals surface area contributed by atoms with Gasteiger partial charge in [-0.15, -0.1) is 0 Å². The third kappa shape index (κ3) is 4.36. The smallest absolute Gasteiger partial charge is 0.290 e. The van der Waals surface area contributed by atoms with Crippen LogP contribution in [0.3, 0.4) is 0 Å². The third-order valence-electron chi connectivity index (χ3n) is 7.18. The van der Waals surface area contributed by atoms with Crippen molar-refractivity contribution in [2.24, 2.45) is 0 Å². The minimum absolute atomic E-state index is 0.118. The van der Waals surface area contributed by atoms with E-state index in [0.717, 1.165) is 28.6 Å². The third-order valence-corrected chi connectivity index (χ3v) is 8.00. The van der Waals surface area contributed by atoms with Gasteiger partial charge in [0, 0.05) is 50.7 Å². The highest BCUT2D eigenvalue weighted by Gasteiger charge is 2.38. The van der Waals surface area contributed by atoms with Crippen LogP contribution in [0, 0.1) is 0 Å². The predicted octanol–water partition coefficient (Wildman–Crippen LogP) is 6.16. The second kappa shape index (κ2) is 8.49. The summed E-state index contributed by atoms with van der Waals surface area (Å²) in [5.41, 5.74) is 8.66. The van der Waals surface area contributed by atoms with E-state index in [-0.39, 0.29) is 22.0 Å². The molecule has 0 saturated carbocycles. The number of amides is 2. The first-order valence-corrected chi connectivity index (χ1v) is 12.5. The Hall–Kier alpha value is -2.73. The number of imide groups is 1. The highest BCUT2D eigenvalue weighted by atomic mass is 32.2. The fourth-order valence-electron chi connectivity index (χ4n) is 5.00. The molecule has 1 fully saturated rings. The molecule has 180 valence electrons. The van der Waals surface area contributed by atoms with E-state index in [2.05, 4.69) is 81.2 Å². The number of hydrogen-bond donors (Lipinski definition) is 1. The van der Waals surface area contributed by atoms with Crippen LogP contribution in [0.2, 0.25) is 0 Å². The highest BCUT2D eigenvalue weighted by Crippen LogP contribution is 2.50. The quantitative estimate of drug-likeness (QED) is 0.535. The summed E-state index contributed by atoms with van der Waals surface area (Å²) in [6, 6.07) is 11.1. The summed E-state index contributed by atoms with van der Waals surface area (Å²) in [5, 5.41) is 2.00. The maximum absolute atomic E-state index is 12.0. The van der Waals surface area contributed by atoms with Gasteiger partial charge in [-0.2, -0.15) is 0 Å². The van der Waals surface area contributed by atoms with E-state index >= 15 is 0 Å². The number of nitrogens with zero attached hydrogens (tertiary/aromatic N) is 2. The SMILES string of the molecule is CN(C)c1cc(/C=C2\SC(=O)NC2=O)ccc1-c1cc2c(cc1N(C)C)C(C)(C)CCC2(C)C. The van der Waals surface area contributed by atoms with E-state index in [1.807, 2.05) is 20.2 Å². The van der Waals surface area contributed by atoms with Gasteiger partial charge in [-0.3, -0.25) is 14.9 Å². The molecule has 6 heteroatoms. The average Bonchev–Trinajstić information content (AvgIpc) is 3.07. The first-order chi connectivity index (χ1) is 15.8. The van der Waals surface area contributed by atoms with Crippen molar-refractivity contribution >= 4 is 40.4 Å². The van der Waals surface area contributed by atoms with Gasteiger partial charge in [0.25, 0.3) is 11.1 Å². The molecule has 4 rings (SSSR count). The topological polar surface area (TPSA) is 52.7 Å². The van der Waals surface area contributed by atoms with Crippen LogP contribution in [-0.2, 0) is 15.6 Å². The second-order valence-electron chi connectivity index (χ2n) is 11.1. The van der Waals surface area contributed by atoms with Crippen LogP contribution in [0.25, 0.3) is 17.2 Å². The maximum atomic E-state index is 12.0. The molecule has 34 heavy (non-hydrogen) atoms. The molecule has 2 amide bonds. The van der Waals surface area contributed by atoms with Crippen molar-refractivity contribution in [3.63, 3.8) is 0 Å². The van der Waals surface area contributed by atoms with E-state index in [1.165, 1.54) is 35.2 Å². The fourth-order valence-corrected chi connectivity index (χ4v) is 5.68. The Morgan fingerprint density at radius 3 is 1.91 bits per heavy atom. The Morgan fingerprint density at radius 2 is 1.38 bits per heavy atom. The first-order valence-electron chi connectivity index (χ1n) is 11.7. The molecule has 0 aromatic heterocycles. The van der Waals surface area contributed by atoms with Crippen molar-refractivity contribution in [1.82, 2.24) is 5.32 Å². The Balaban J connectivity index is 1.91. The van der Waals surface area contributed by atoms with Crippen LogP contribution in [0.5, 0.6) is 0 Å². The van der Waals surface area contributed by atoms with Crippen LogP contribution in [0.15, 0.2) is 35.2 Å². The summed E-state index contributed by atoms with van der Waals surface area (Å²) in [6.45, 7) is 9.42. The summed E-state index contributed by atoms with van der Waals surface area (Å²) in [6.07, 6.45) is 4.13. The number of carbonyl (C=O) groups is 2. The molecule has 1 saturated heterocycles. The van der Waals surface area contributed by atoms with Crippen molar-refractivity contribution in [1.29, 1.82) is 0 Å². The predicted molar refractivity (Wildman–Crippen MR) is 145 cm³/mol. The molecule has 1 heterocycles. The van der Waals surface area contributed by atoms with Gasteiger partial charge in [-0.1, -0.05) is 39.8 Å². The van der Waals surface area contributed by atoms with Gasteiger partial charge in [-0.05, 0) is 76.4 Å². The standard InChI is InChI=1S/C28H35N3O2S/c1-27(2)11-12-28(3,4)21-16-23(31(7)8)19(15-20(21)27)18-10-9-17(13-22(18)30(5)6)14-24-25(32)29-26(33)34-24/h9-10,13-16H,11-12H2,1-8H3,(H,29,32,33)/b24-14-. The number of carbonyl (C=O) groups excluding carboxylic acids is 2. The van der Waals surface area contributed by atoms with Crippen LogP contribution in [0.4, 0.5) is 16.2 Å². The minimum atomic E-state index is -0.333. The first kappa shape index (κ1) is 24.4. The van der Waals surface area contributed by atoms with Crippen LogP contribution in [0.1, 0.15) is 57.2 Å². The molecule has 0 atom stereocenters. The zero-order valence-corrected chi connectivity index (χ0v) is 22.3. The van der Waals surface area contributed by atoms with Crippen LogP contribution < -0.4 is 15.1 Å². The van der Waals surface area contributed by atoms with Gasteiger partial charge in [0.1, 0.15) is 0 Å². The Kier molecular flexibility index (Phi) is 6.09. The molecule has 2 aliphatic rings. The summed E-state index contributed by atoms with van der Waals surface area (Å²) in [4.78, 5) is 28.3. The van der Waals surface area contributed by atoms with E-state index in [0.29, 0.717) is 4.91 Å². The summed E-state index contributed by atoms with van der Waals surface area (Å²) in [5.74, 6) is -0.333. The molecule has 0 bridgehead atoms. The average molecular weight is 478 g/mol. The van der Waals surface area contributed by atoms with Gasteiger partial charge in [0.2, 0.25) is 0 Å². The lowest BCUT2D eigenvalue weighted by molar-refractivity contribution is -0.115. The highest BCUT2D eigenvalue weighted by molar-refractivity contribution is 8.18. The zero-order chi connectivity index (χ0) is 25.0. The van der Waals surface area contributed by atoms with Crippen molar-refractivity contribution in [2.45, 2.75) is 51.4 Å². The molecule has 0 unspecified atom stereocenters. The molecule has 1 aliphatic carbocycles. The number of fused-ring (bicyclic) bond motifs is 1. The van der Waals surface area contributed by atoms with E-state index in [4.69, 9.17) is 0 Å². The van der Waals surface area contributed by atoms with Gasteiger partial charge < -0.3 is 9.80 Å². The molecule has 5 nitrogen and oxygen atoms in total. The molecular formula is C28H35N3O2S. The zero-order valence-electron chi connectivity index (χ0n) is 21.5. The van der Waals surface area contributed by atoms with Crippen LogP contribution >= 0.6 is 11.8 Å². The van der Waals surface area contributed by atoms with Gasteiger partial charge in [0.15, 0.2) is 0 Å². The lowest BCUT2D eigenvalue weighted by atomic mass is 9.62. The number of thioether (sulfide) groups is 1. The molecule has 2 aromatic rings. The van der Waals surface area contributed by atoms with Crippen molar-refractivity contribution < 1.29 is 9.59 Å². The van der Waals surface area contributed by atoms with E-state index in [1.54, 1.807) is 6.08 Å². The molecule has 1 aliphatic heterocycles. The maximum Gasteiger partial charge on any atom is 0.290 e. The molecular weight excluding hydrogens is 442 g/mol. The summed E-state index contributed by atoms with van der Waals surface area (Å²) >= 11 is 0.946. The Morgan fingerprint density at radius 1 is 0.824 bits per heavy atom. The lowest BCUT2D eigenvalue weighted by Crippen LogP contribution is -2.34. The monoisotopic (exact) mass is 477 g/mol. The minimum Gasteiger partial charge on any atom is -0.377 e. The Bertz CT molecular complexity index is 1210. The van der Waals surface area contributed by atoms with E-state index < -0.39 is 0 Å². The normalized spacial score (nSPS) is 19.7. The molecule has 0 spiro atoms. The molecule has 2 aromatic carbocycles. The number of benzene rings is 2. The van der Waals surface area contributed by atoms with E-state index in [9.17, 15) is 9.59 Å². The largest absolute Gasteiger partial charge is 0.377 e. The Labute approximate surface area is 207 Å². The lowest BCUT2D eigenvalue weighted by Gasteiger charge is -2.43. The summed E-state index contributed by atoms with van der Waals surface area (Å²) < 4.78 is 0. The molecule has 1 N–H and O–H groups in total. The van der Waals surface area contributed by atoms with Crippen molar-refractivity contribution in [3.8, 4) is 11.1 Å². The van der Waals surface area contributed by atoms with Crippen molar-refractivity contribution in [2.75, 3.05) is 38.0 Å². The number of anilines is 2. The van der Waals surface area contributed by atoms with Gasteiger partial charge in [0.05, 0.1) is 4.91 Å². The summed E-state index contributed by atoms with van der Waals surface area (Å²) in [7, 11) is 8.29. The van der Waals surface area contributed by atoms with Crippen LogP contribution in [-0.4, -0.2) is 39.3 Å². The van der Waals surface area contributed by atoms with Crippen molar-refractivity contribution in [3.05, 3.63) is 51.9 Å². The van der Waals surface area contributed by atoms with Gasteiger partial charge in [-0.25, -0.2) is 0 Å².